The number of anilines is 1. The molecule has 0 saturated carbocycles. The lowest BCUT2D eigenvalue weighted by Gasteiger charge is -2.23. The lowest BCUT2D eigenvalue weighted by Crippen LogP contribution is -2.30. The van der Waals surface area contributed by atoms with Crippen molar-refractivity contribution >= 4 is 27.1 Å². The largest absolute Gasteiger partial charge is 0.365 e. The van der Waals surface area contributed by atoms with E-state index >= 15 is 0 Å². The molecule has 0 spiro atoms. The molecule has 3 nitrogen and oxygen atoms in total. The van der Waals surface area contributed by atoms with E-state index in [9.17, 15) is 17.2 Å². The number of hydrogen-bond donors (Lipinski definition) is 0. The molecule has 108 valence electrons. The van der Waals surface area contributed by atoms with Crippen molar-refractivity contribution in [3.63, 3.8) is 0 Å². The highest BCUT2D eigenvalue weighted by Gasteiger charge is 2.15. The molecule has 0 aliphatic heterocycles. The highest BCUT2D eigenvalue weighted by molar-refractivity contribution is 7.91. The summed E-state index contributed by atoms with van der Waals surface area (Å²) in [5.41, 5.74) is 0.538. The first kappa shape index (κ1) is 16.2. The van der Waals surface area contributed by atoms with E-state index in [1.54, 1.807) is 6.92 Å². The Bertz CT molecular complexity index is 491. The molecule has 1 aromatic rings. The quantitative estimate of drug-likeness (QED) is 0.727. The van der Waals surface area contributed by atoms with Crippen molar-refractivity contribution in [2.45, 2.75) is 18.2 Å². The van der Waals surface area contributed by atoms with Gasteiger partial charge in [0.1, 0.15) is 0 Å². The van der Waals surface area contributed by atoms with E-state index in [0.717, 1.165) is 0 Å². The van der Waals surface area contributed by atoms with Gasteiger partial charge in [-0.15, -0.1) is 11.6 Å². The summed E-state index contributed by atoms with van der Waals surface area (Å²) in [7, 11) is -3.27. The van der Waals surface area contributed by atoms with Gasteiger partial charge in [-0.2, -0.15) is 0 Å². The molecule has 19 heavy (non-hydrogen) atoms. The van der Waals surface area contributed by atoms with Crippen LogP contribution >= 0.6 is 11.6 Å². The molecule has 0 amide bonds. The fraction of sp³-hybridized carbons (Fsp3) is 0.500. The summed E-state index contributed by atoms with van der Waals surface area (Å²) in [6.07, 6.45) is -2.47. The zero-order valence-electron chi connectivity index (χ0n) is 10.5. The molecule has 0 aliphatic carbocycles. The summed E-state index contributed by atoms with van der Waals surface area (Å²) in [6, 6.07) is 5.91. The maximum atomic E-state index is 12.4. The molecule has 0 saturated heterocycles. The first-order chi connectivity index (χ1) is 8.90. The third kappa shape index (κ3) is 4.62. The molecule has 0 atom stereocenters. The number of rotatable bonds is 7. The maximum Gasteiger partial charge on any atom is 0.255 e. The van der Waals surface area contributed by atoms with Crippen LogP contribution in [0.4, 0.5) is 14.5 Å². The average Bonchev–Trinajstić information content (AvgIpc) is 2.38. The van der Waals surface area contributed by atoms with Crippen LogP contribution in [0.15, 0.2) is 29.2 Å². The topological polar surface area (TPSA) is 37.4 Å². The monoisotopic (exact) mass is 311 g/mol. The molecule has 0 fully saturated rings. The van der Waals surface area contributed by atoms with Crippen molar-refractivity contribution in [2.24, 2.45) is 0 Å². The number of nitrogens with zero attached hydrogens (tertiary/aromatic N) is 1. The van der Waals surface area contributed by atoms with Gasteiger partial charge in [-0.25, -0.2) is 17.2 Å². The second kappa shape index (κ2) is 7.05. The molecule has 0 N–H and O–H groups in total. The fourth-order valence-corrected chi connectivity index (χ4v) is 2.71. The van der Waals surface area contributed by atoms with E-state index in [4.69, 9.17) is 11.6 Å². The smallest absolute Gasteiger partial charge is 0.255 e. The molecule has 0 heterocycles. The van der Waals surface area contributed by atoms with Crippen LogP contribution in [0, 0.1) is 0 Å². The normalized spacial score (nSPS) is 11.8. The zero-order chi connectivity index (χ0) is 14.5. The number of alkyl halides is 3. The van der Waals surface area contributed by atoms with Crippen LogP contribution in [0.3, 0.4) is 0 Å². The van der Waals surface area contributed by atoms with E-state index in [2.05, 4.69) is 0 Å². The number of halogens is 3. The highest BCUT2D eigenvalue weighted by Crippen LogP contribution is 2.19. The SMILES string of the molecule is CCS(=O)(=O)c1ccc(N(CCCl)CC(F)F)cc1. The van der Waals surface area contributed by atoms with Gasteiger partial charge in [0, 0.05) is 18.1 Å². The van der Waals surface area contributed by atoms with Crippen molar-refractivity contribution in [2.75, 3.05) is 29.6 Å². The van der Waals surface area contributed by atoms with E-state index in [1.807, 2.05) is 0 Å². The lowest BCUT2D eigenvalue weighted by molar-refractivity contribution is 0.155. The van der Waals surface area contributed by atoms with Crippen LogP contribution in [0.2, 0.25) is 0 Å². The Morgan fingerprint density at radius 2 is 1.84 bits per heavy atom. The highest BCUT2D eigenvalue weighted by atomic mass is 35.5. The van der Waals surface area contributed by atoms with Gasteiger partial charge in [0.15, 0.2) is 9.84 Å². The van der Waals surface area contributed by atoms with Gasteiger partial charge in [-0.05, 0) is 24.3 Å². The van der Waals surface area contributed by atoms with E-state index in [-0.39, 0.29) is 23.1 Å². The predicted octanol–water partition coefficient (Wildman–Crippen LogP) is 2.79. The number of sulfone groups is 1. The third-order valence-corrected chi connectivity index (χ3v) is 4.57. The summed E-state index contributed by atoms with van der Waals surface area (Å²) in [4.78, 5) is 1.63. The number of benzene rings is 1. The van der Waals surface area contributed by atoms with Gasteiger partial charge in [0.05, 0.1) is 17.2 Å². The minimum absolute atomic E-state index is 0.00871. The molecular formula is C12H16ClF2NO2S. The van der Waals surface area contributed by atoms with E-state index < -0.39 is 22.8 Å². The molecule has 1 rings (SSSR count). The van der Waals surface area contributed by atoms with Gasteiger partial charge in [0.25, 0.3) is 6.43 Å². The predicted molar refractivity (Wildman–Crippen MR) is 73.1 cm³/mol. The Hall–Kier alpha value is -0.880. The summed E-state index contributed by atoms with van der Waals surface area (Å²) in [5, 5.41) is 0. The van der Waals surface area contributed by atoms with Gasteiger partial charge in [0.2, 0.25) is 0 Å². The molecule has 0 bridgehead atoms. The lowest BCUT2D eigenvalue weighted by atomic mass is 10.3. The summed E-state index contributed by atoms with van der Waals surface area (Å²) < 4.78 is 48.1. The van der Waals surface area contributed by atoms with Crippen LogP contribution in [-0.2, 0) is 9.84 Å². The Labute approximate surface area is 117 Å². The Kier molecular flexibility index (Phi) is 6.00. The Morgan fingerprint density at radius 1 is 1.26 bits per heavy atom. The number of hydrogen-bond acceptors (Lipinski definition) is 3. The minimum atomic E-state index is -3.27. The van der Waals surface area contributed by atoms with Gasteiger partial charge in [-0.3, -0.25) is 0 Å². The first-order valence-corrected chi connectivity index (χ1v) is 8.01. The third-order valence-electron chi connectivity index (χ3n) is 2.65. The van der Waals surface area contributed by atoms with E-state index in [1.165, 1.54) is 29.2 Å². The Morgan fingerprint density at radius 3 is 2.26 bits per heavy atom. The van der Waals surface area contributed by atoms with Gasteiger partial charge >= 0.3 is 0 Å². The zero-order valence-corrected chi connectivity index (χ0v) is 12.1. The molecule has 0 radical (unpaired) electrons. The van der Waals surface area contributed by atoms with Crippen LogP contribution in [0.1, 0.15) is 6.92 Å². The second-order valence-electron chi connectivity index (χ2n) is 3.92. The van der Waals surface area contributed by atoms with E-state index in [0.29, 0.717) is 5.69 Å². The van der Waals surface area contributed by atoms with Crippen molar-refractivity contribution in [3.8, 4) is 0 Å². The van der Waals surface area contributed by atoms with Gasteiger partial charge < -0.3 is 4.90 Å². The maximum absolute atomic E-state index is 12.4. The molecule has 7 heteroatoms. The molecule has 0 aromatic heterocycles. The van der Waals surface area contributed by atoms with Crippen molar-refractivity contribution in [1.29, 1.82) is 0 Å². The Balaban J connectivity index is 2.95. The second-order valence-corrected chi connectivity index (χ2v) is 6.58. The molecule has 0 unspecified atom stereocenters. The minimum Gasteiger partial charge on any atom is -0.365 e. The fourth-order valence-electron chi connectivity index (χ4n) is 1.63. The van der Waals surface area contributed by atoms with Crippen molar-refractivity contribution in [1.82, 2.24) is 0 Å². The van der Waals surface area contributed by atoms with Crippen LogP contribution in [0.25, 0.3) is 0 Å². The summed E-state index contributed by atoms with van der Waals surface area (Å²) in [6.45, 7) is 1.41. The molecular weight excluding hydrogens is 296 g/mol. The summed E-state index contributed by atoms with van der Waals surface area (Å²) in [5.74, 6) is 0.233. The summed E-state index contributed by atoms with van der Waals surface area (Å²) >= 11 is 5.57. The average molecular weight is 312 g/mol. The standard InChI is InChI=1S/C12H16ClF2NO2S/c1-2-19(17,18)11-5-3-10(4-6-11)16(8-7-13)9-12(14)15/h3-6,12H,2,7-9H2,1H3. The molecule has 1 aromatic carbocycles. The van der Waals surface area contributed by atoms with Crippen LogP contribution < -0.4 is 4.90 Å². The van der Waals surface area contributed by atoms with Crippen molar-refractivity contribution < 1.29 is 17.2 Å². The molecule has 0 aliphatic rings. The van der Waals surface area contributed by atoms with Crippen molar-refractivity contribution in [3.05, 3.63) is 24.3 Å². The van der Waals surface area contributed by atoms with Crippen LogP contribution in [-0.4, -0.2) is 39.6 Å². The van der Waals surface area contributed by atoms with Crippen LogP contribution in [0.5, 0.6) is 0 Å². The van der Waals surface area contributed by atoms with Gasteiger partial charge in [-0.1, -0.05) is 6.92 Å². The first-order valence-electron chi connectivity index (χ1n) is 5.82.